The minimum atomic E-state index is -4.77. The molecule has 0 aromatic heterocycles. The average molecular weight is 761 g/mol. The Labute approximate surface area is 304 Å². The molecule has 0 saturated carbocycles. The Balaban J connectivity index is 0.000000290. The number of amides is 2. The van der Waals surface area contributed by atoms with E-state index in [1.54, 1.807) is 24.3 Å². The first-order valence-corrected chi connectivity index (χ1v) is 15.4. The summed E-state index contributed by atoms with van der Waals surface area (Å²) in [5.74, 6) is -1.79. The Morgan fingerprint density at radius 2 is 1.00 bits per heavy atom. The van der Waals surface area contributed by atoms with Gasteiger partial charge in [-0.25, -0.2) is 14.1 Å². The van der Waals surface area contributed by atoms with E-state index in [4.69, 9.17) is 22.6 Å². The largest absolute Gasteiger partial charge is 0.490 e. The molecule has 0 radical (unpaired) electrons. The molecule has 4 N–H and O–H groups in total. The van der Waals surface area contributed by atoms with E-state index in [-0.39, 0.29) is 17.1 Å². The number of nitrogens with zero attached hydrogens (tertiary/aromatic N) is 2. The number of ether oxygens (including phenoxy) is 2. The summed E-state index contributed by atoms with van der Waals surface area (Å²) in [6, 6.07) is 17.2. The van der Waals surface area contributed by atoms with Crippen LogP contribution in [0, 0.1) is 25.9 Å². The molecule has 54 heavy (non-hydrogen) atoms. The lowest BCUT2D eigenvalue weighted by atomic mass is 10.1. The maximum absolute atomic E-state index is 13.0. The highest BCUT2D eigenvalue weighted by atomic mass is 19.4. The molecule has 0 unspecified atom stereocenters. The van der Waals surface area contributed by atoms with Crippen molar-refractivity contribution in [1.29, 1.82) is 0 Å². The third-order valence-electron chi connectivity index (χ3n) is 7.21. The number of nitrogens with one attached hydrogen (secondary N) is 2. The van der Waals surface area contributed by atoms with Gasteiger partial charge >= 0.3 is 12.4 Å². The molecule has 4 rings (SSSR count). The molecule has 0 saturated heterocycles. The van der Waals surface area contributed by atoms with Gasteiger partial charge in [-0.2, -0.15) is 26.3 Å². The summed E-state index contributed by atoms with van der Waals surface area (Å²) in [6.45, 7) is 16.9. The number of carbonyl (C=O) groups is 2. The van der Waals surface area contributed by atoms with Gasteiger partial charge in [0.15, 0.2) is 22.6 Å². The summed E-state index contributed by atoms with van der Waals surface area (Å²) in [4.78, 5) is 30.0. The van der Waals surface area contributed by atoms with Crippen molar-refractivity contribution in [3.63, 3.8) is 0 Å². The molecule has 0 heterocycles. The van der Waals surface area contributed by atoms with Gasteiger partial charge in [0, 0.05) is 11.4 Å². The van der Waals surface area contributed by atoms with E-state index in [1.807, 2.05) is 6.92 Å². The molecule has 0 fully saturated rings. The summed E-state index contributed by atoms with van der Waals surface area (Å²) in [6.07, 6.45) is -9.51. The van der Waals surface area contributed by atoms with E-state index in [9.17, 15) is 50.5 Å². The fourth-order valence-electron chi connectivity index (χ4n) is 4.15. The van der Waals surface area contributed by atoms with E-state index < -0.39 is 76.9 Å². The van der Waals surface area contributed by atoms with Crippen LogP contribution < -0.4 is 20.1 Å². The third kappa shape index (κ3) is 11.9. The molecule has 2 atom stereocenters. The topological polar surface area (TPSA) is 126 Å². The lowest BCUT2D eigenvalue weighted by Crippen LogP contribution is -2.45. The predicted octanol–water partition coefficient (Wildman–Crippen LogP) is 8.50. The molecule has 4 aromatic rings. The summed E-state index contributed by atoms with van der Waals surface area (Å²) in [7, 11) is 0. The highest BCUT2D eigenvalue weighted by Crippen LogP contribution is 2.39. The average Bonchev–Trinajstić information content (AvgIpc) is 3.10. The Bertz CT molecular complexity index is 1890. The molecule has 0 spiro atoms. The number of hydrogen-bond donors (Lipinski definition) is 4. The van der Waals surface area contributed by atoms with Crippen LogP contribution in [0.25, 0.3) is 9.69 Å². The normalized spacial score (nSPS) is 13.4. The van der Waals surface area contributed by atoms with Gasteiger partial charge in [-0.05, 0) is 81.4 Å². The molecule has 0 aliphatic carbocycles. The molecule has 0 aliphatic rings. The Morgan fingerprint density at radius 3 is 1.33 bits per heavy atom. The van der Waals surface area contributed by atoms with Crippen LogP contribution in [0.15, 0.2) is 84.9 Å². The zero-order valence-electron chi connectivity index (χ0n) is 28.6. The number of carbonyl (C=O) groups excluding carboxylic acids is 2. The maximum Gasteiger partial charge on any atom is 0.407 e. The minimum Gasteiger partial charge on any atom is -0.490 e. The minimum absolute atomic E-state index is 0.185. The van der Waals surface area contributed by atoms with Gasteiger partial charge < -0.3 is 30.3 Å². The van der Waals surface area contributed by atoms with Gasteiger partial charge in [-0.3, -0.25) is 9.59 Å². The second kappa shape index (κ2) is 17.1. The molecule has 4 aromatic carbocycles. The van der Waals surface area contributed by atoms with Crippen LogP contribution in [0.4, 0.5) is 53.5 Å². The summed E-state index contributed by atoms with van der Waals surface area (Å²) >= 11 is 0. The fraction of sp³-hybridized carbons (Fsp3) is 0.243. The maximum atomic E-state index is 13.0. The van der Waals surface area contributed by atoms with E-state index in [2.05, 4.69) is 20.3 Å². The highest BCUT2D eigenvalue weighted by Gasteiger charge is 2.37. The first kappa shape index (κ1) is 42.2. The number of alkyl halides is 6. The van der Waals surface area contributed by atoms with Crippen LogP contribution >= 0.6 is 0 Å². The van der Waals surface area contributed by atoms with Crippen molar-refractivity contribution in [1.82, 2.24) is 0 Å². The smallest absolute Gasteiger partial charge is 0.407 e. The lowest BCUT2D eigenvalue weighted by molar-refractivity contribution is -0.137. The summed E-state index contributed by atoms with van der Waals surface area (Å²) < 4.78 is 101. The molecule has 284 valence electrons. The lowest BCUT2D eigenvalue weighted by Gasteiger charge is -2.23. The number of hydrogen-bond acceptors (Lipinski definition) is 6. The number of rotatable bonds is 10. The SMILES string of the molecule is [C-]#[N+]c1ccc(NC(=O)[C@@](C)(O)COc2ccc(C)cc2)cc1C(F)(F)F.[C-]#[N+]c1ccc(NC(=O)[C@@](C)(O)COc2ccc(F)cc2)cc1C(F)(F)F. The molecule has 0 aliphatic heterocycles. The second-order valence-electron chi connectivity index (χ2n) is 12.0. The number of aliphatic hydroxyl groups is 2. The van der Waals surface area contributed by atoms with Gasteiger partial charge in [-0.1, -0.05) is 29.8 Å². The Morgan fingerprint density at radius 1 is 0.648 bits per heavy atom. The van der Waals surface area contributed by atoms with Crippen LogP contribution in [0.3, 0.4) is 0 Å². The van der Waals surface area contributed by atoms with E-state index in [0.717, 1.165) is 48.9 Å². The zero-order valence-corrected chi connectivity index (χ0v) is 28.6. The number of halogens is 7. The molecular formula is C37H31F7N4O6. The van der Waals surface area contributed by atoms with Crippen molar-refractivity contribution in [2.45, 2.75) is 44.3 Å². The van der Waals surface area contributed by atoms with Crippen molar-refractivity contribution >= 4 is 34.6 Å². The van der Waals surface area contributed by atoms with E-state index >= 15 is 0 Å². The number of anilines is 2. The molecule has 2 amide bonds. The van der Waals surface area contributed by atoms with Gasteiger partial charge in [0.25, 0.3) is 11.8 Å². The first-order chi connectivity index (χ1) is 25.1. The van der Waals surface area contributed by atoms with Crippen molar-refractivity contribution < 1.29 is 60.0 Å². The van der Waals surface area contributed by atoms with Crippen LogP contribution in [0.1, 0.15) is 30.5 Å². The van der Waals surface area contributed by atoms with Gasteiger partial charge in [0.2, 0.25) is 0 Å². The molecule has 0 bridgehead atoms. The number of benzene rings is 4. The van der Waals surface area contributed by atoms with Crippen LogP contribution in [-0.4, -0.2) is 46.4 Å². The van der Waals surface area contributed by atoms with Crippen molar-refractivity contribution in [2.24, 2.45) is 0 Å². The molecule has 10 nitrogen and oxygen atoms in total. The van der Waals surface area contributed by atoms with Crippen LogP contribution in [-0.2, 0) is 21.9 Å². The standard InChI is InChI=1S/C19H17F3N2O3.C18H14F4N2O3/c1-12-4-7-14(8-5-12)27-11-18(2,26)17(25)24-13-6-9-16(23-3)15(10-13)19(20,21)22;1-17(26,10-27-13-6-3-11(19)4-7-13)16(25)24-12-5-8-15(23-2)14(9-12)18(20,21)22/h4-10,26H,11H2,1-2H3,(H,24,25);3-9,26H,10H2,1H3,(H,24,25)/t18-;17-/m00/s1. The van der Waals surface area contributed by atoms with Gasteiger partial charge in [0.1, 0.15) is 30.5 Å². The van der Waals surface area contributed by atoms with Crippen LogP contribution in [0.2, 0.25) is 0 Å². The van der Waals surface area contributed by atoms with E-state index in [0.29, 0.717) is 17.9 Å². The predicted molar refractivity (Wildman–Crippen MR) is 182 cm³/mol. The van der Waals surface area contributed by atoms with Gasteiger partial charge in [0.05, 0.1) is 24.3 Å². The zero-order chi connectivity index (χ0) is 40.5. The monoisotopic (exact) mass is 760 g/mol. The van der Waals surface area contributed by atoms with Crippen molar-refractivity contribution in [3.05, 3.63) is 130 Å². The summed E-state index contributed by atoms with van der Waals surface area (Å²) in [5, 5.41) is 24.9. The first-order valence-electron chi connectivity index (χ1n) is 15.4. The van der Waals surface area contributed by atoms with Crippen molar-refractivity contribution in [2.75, 3.05) is 23.8 Å². The second-order valence-corrected chi connectivity index (χ2v) is 12.0. The highest BCUT2D eigenvalue weighted by molar-refractivity contribution is 5.98. The Hall–Kier alpha value is -6.17. The quantitative estimate of drug-likeness (QED) is 0.0950. The fourth-order valence-corrected chi connectivity index (χ4v) is 4.15. The summed E-state index contributed by atoms with van der Waals surface area (Å²) in [5.41, 5.74) is -7.01. The Kier molecular flexibility index (Phi) is 13.4. The van der Waals surface area contributed by atoms with Crippen molar-refractivity contribution in [3.8, 4) is 11.5 Å². The van der Waals surface area contributed by atoms with Crippen LogP contribution in [0.5, 0.6) is 11.5 Å². The van der Waals surface area contributed by atoms with E-state index in [1.165, 1.54) is 19.1 Å². The van der Waals surface area contributed by atoms with Gasteiger partial charge in [-0.15, -0.1) is 0 Å². The number of aryl methyl sites for hydroxylation is 1. The molecular weight excluding hydrogens is 729 g/mol. The third-order valence-corrected chi connectivity index (χ3v) is 7.21. The molecule has 17 heteroatoms.